The van der Waals surface area contributed by atoms with Crippen molar-refractivity contribution in [3.05, 3.63) is 87.2 Å². The molecule has 0 bridgehead atoms. The fourth-order valence-electron chi connectivity index (χ4n) is 3.62. The highest BCUT2D eigenvalue weighted by molar-refractivity contribution is 6.30. The summed E-state index contributed by atoms with van der Waals surface area (Å²) in [5.74, 6) is 1.25. The van der Waals surface area contributed by atoms with Crippen LogP contribution in [0.2, 0.25) is 5.02 Å². The van der Waals surface area contributed by atoms with Crippen molar-refractivity contribution in [1.29, 1.82) is 0 Å². The van der Waals surface area contributed by atoms with Gasteiger partial charge in [0.05, 0.1) is 17.0 Å². The van der Waals surface area contributed by atoms with Gasteiger partial charge in [0.2, 0.25) is 0 Å². The number of aromatic nitrogens is 4. The Labute approximate surface area is 177 Å². The predicted molar refractivity (Wildman–Crippen MR) is 113 cm³/mol. The van der Waals surface area contributed by atoms with E-state index in [4.69, 9.17) is 16.1 Å². The Kier molecular flexibility index (Phi) is 4.90. The zero-order valence-electron chi connectivity index (χ0n) is 16.0. The van der Waals surface area contributed by atoms with Gasteiger partial charge in [0.25, 0.3) is 5.56 Å². The lowest BCUT2D eigenvalue weighted by atomic mass is 10.1. The molecular weight excluding hydrogens is 402 g/mol. The molecule has 0 saturated carbocycles. The molecule has 0 spiro atoms. The summed E-state index contributed by atoms with van der Waals surface area (Å²) >= 11 is 5.94. The number of rotatable bonds is 4. The van der Waals surface area contributed by atoms with Gasteiger partial charge in [0.1, 0.15) is 5.82 Å². The van der Waals surface area contributed by atoms with Gasteiger partial charge in [0, 0.05) is 60.7 Å². The molecule has 150 valence electrons. The minimum atomic E-state index is -0.106. The highest BCUT2D eigenvalue weighted by Crippen LogP contribution is 2.24. The number of benzene rings is 1. The second-order valence-corrected chi connectivity index (χ2v) is 7.67. The van der Waals surface area contributed by atoms with Crippen molar-refractivity contribution in [3.63, 3.8) is 0 Å². The molecule has 7 nitrogen and oxygen atoms in total. The maximum absolute atomic E-state index is 12.7. The minimum Gasteiger partial charge on any atom is -0.356 e. The molecule has 1 aromatic carbocycles. The largest absolute Gasteiger partial charge is 0.356 e. The Balaban J connectivity index is 1.33. The molecule has 1 aliphatic heterocycles. The molecule has 0 radical (unpaired) electrons. The Morgan fingerprint density at radius 1 is 1.17 bits per heavy atom. The third-order valence-electron chi connectivity index (χ3n) is 5.16. The quantitative estimate of drug-likeness (QED) is 0.542. The maximum atomic E-state index is 12.7. The van der Waals surface area contributed by atoms with Crippen molar-refractivity contribution < 1.29 is 4.52 Å². The van der Waals surface area contributed by atoms with Crippen LogP contribution in [-0.4, -0.2) is 31.6 Å². The normalized spacial score (nSPS) is 13.9. The number of nitrogens with zero attached hydrogens (tertiary/aromatic N) is 4. The second kappa shape index (κ2) is 7.85. The second-order valence-electron chi connectivity index (χ2n) is 7.23. The summed E-state index contributed by atoms with van der Waals surface area (Å²) in [6.07, 6.45) is 4.09. The molecule has 4 aromatic rings. The summed E-state index contributed by atoms with van der Waals surface area (Å²) < 4.78 is 5.48. The van der Waals surface area contributed by atoms with Gasteiger partial charge >= 0.3 is 0 Å². The molecule has 3 aromatic heterocycles. The van der Waals surface area contributed by atoms with Crippen molar-refractivity contribution in [2.75, 3.05) is 6.54 Å². The standard InChI is InChI=1S/C22H18ClN5O2/c23-16-5-3-14(4-6-16)20-10-17(27-30-20)12-28-9-7-19-18(13-28)22(29)26-21(25-19)15-2-1-8-24-11-15/h1-6,8,10-11H,7,9,12-13H2,(H,25,26,29). The van der Waals surface area contributed by atoms with Gasteiger partial charge in [-0.15, -0.1) is 0 Å². The Bertz CT molecular complexity index is 1230. The van der Waals surface area contributed by atoms with Gasteiger partial charge < -0.3 is 9.51 Å². The third kappa shape index (κ3) is 3.77. The van der Waals surface area contributed by atoms with E-state index in [1.807, 2.05) is 42.5 Å². The van der Waals surface area contributed by atoms with Crippen LogP contribution < -0.4 is 5.56 Å². The van der Waals surface area contributed by atoms with Gasteiger partial charge in [-0.1, -0.05) is 16.8 Å². The van der Waals surface area contributed by atoms with Crippen LogP contribution in [0.5, 0.6) is 0 Å². The number of nitrogens with one attached hydrogen (secondary N) is 1. The Hall–Kier alpha value is -3.29. The van der Waals surface area contributed by atoms with E-state index < -0.39 is 0 Å². The van der Waals surface area contributed by atoms with Crippen molar-refractivity contribution in [2.45, 2.75) is 19.5 Å². The van der Waals surface area contributed by atoms with Crippen molar-refractivity contribution >= 4 is 11.6 Å². The first-order valence-electron chi connectivity index (χ1n) is 9.62. The molecule has 8 heteroatoms. The first-order chi connectivity index (χ1) is 14.7. The number of hydrogen-bond donors (Lipinski definition) is 1. The highest BCUT2D eigenvalue weighted by Gasteiger charge is 2.22. The van der Waals surface area contributed by atoms with Crippen LogP contribution in [0.25, 0.3) is 22.7 Å². The number of H-pyrrole nitrogens is 1. The summed E-state index contributed by atoms with van der Waals surface area (Å²) in [6.45, 7) is 1.91. The molecule has 5 rings (SSSR count). The predicted octanol–water partition coefficient (Wildman–Crippen LogP) is 3.70. The molecular formula is C22H18ClN5O2. The van der Waals surface area contributed by atoms with Gasteiger partial charge in [-0.05, 0) is 36.4 Å². The lowest BCUT2D eigenvalue weighted by molar-refractivity contribution is 0.234. The summed E-state index contributed by atoms with van der Waals surface area (Å²) in [7, 11) is 0. The monoisotopic (exact) mass is 419 g/mol. The van der Waals surface area contributed by atoms with Gasteiger partial charge in [-0.2, -0.15) is 0 Å². The lowest BCUT2D eigenvalue weighted by Crippen LogP contribution is -2.35. The summed E-state index contributed by atoms with van der Waals surface area (Å²) in [5.41, 5.74) is 3.99. The number of halogens is 1. The van der Waals surface area contributed by atoms with Crippen molar-refractivity contribution in [2.24, 2.45) is 0 Å². The highest BCUT2D eigenvalue weighted by atomic mass is 35.5. The van der Waals surface area contributed by atoms with Gasteiger partial charge in [-0.3, -0.25) is 14.7 Å². The first-order valence-corrected chi connectivity index (χ1v) is 10.00. The summed E-state index contributed by atoms with van der Waals surface area (Å²) in [6, 6.07) is 13.1. The van der Waals surface area contributed by atoms with E-state index in [0.717, 1.165) is 29.1 Å². The maximum Gasteiger partial charge on any atom is 0.255 e. The minimum absolute atomic E-state index is 0.106. The van der Waals surface area contributed by atoms with Crippen LogP contribution in [0.1, 0.15) is 17.0 Å². The summed E-state index contributed by atoms with van der Waals surface area (Å²) in [5, 5.41) is 4.86. The van der Waals surface area contributed by atoms with E-state index in [1.54, 1.807) is 12.4 Å². The van der Waals surface area contributed by atoms with Gasteiger partial charge in [-0.25, -0.2) is 4.98 Å². The molecule has 1 N–H and O–H groups in total. The fourth-order valence-corrected chi connectivity index (χ4v) is 3.75. The first kappa shape index (κ1) is 18.7. The van der Waals surface area contributed by atoms with E-state index >= 15 is 0 Å². The van der Waals surface area contributed by atoms with E-state index in [0.29, 0.717) is 41.7 Å². The van der Waals surface area contributed by atoms with Crippen LogP contribution >= 0.6 is 11.6 Å². The van der Waals surface area contributed by atoms with Crippen LogP contribution in [0.15, 0.2) is 64.2 Å². The van der Waals surface area contributed by atoms with E-state index in [2.05, 4.69) is 25.0 Å². The molecule has 0 atom stereocenters. The van der Waals surface area contributed by atoms with Crippen molar-refractivity contribution in [1.82, 2.24) is 25.0 Å². The zero-order chi connectivity index (χ0) is 20.5. The Morgan fingerprint density at radius 2 is 2.03 bits per heavy atom. The number of aromatic amines is 1. The molecule has 0 fully saturated rings. The van der Waals surface area contributed by atoms with E-state index in [9.17, 15) is 4.79 Å². The molecule has 0 aliphatic carbocycles. The zero-order valence-corrected chi connectivity index (χ0v) is 16.8. The van der Waals surface area contributed by atoms with Gasteiger partial charge in [0.15, 0.2) is 5.76 Å². The molecule has 4 heterocycles. The summed E-state index contributed by atoms with van der Waals surface area (Å²) in [4.78, 5) is 26.5. The Morgan fingerprint density at radius 3 is 2.83 bits per heavy atom. The van der Waals surface area contributed by atoms with E-state index in [1.165, 1.54) is 0 Å². The van der Waals surface area contributed by atoms with Crippen LogP contribution in [-0.2, 0) is 19.5 Å². The van der Waals surface area contributed by atoms with Crippen molar-refractivity contribution in [3.8, 4) is 22.7 Å². The third-order valence-corrected chi connectivity index (χ3v) is 5.41. The fraction of sp³-hybridized carbons (Fsp3) is 0.182. The average molecular weight is 420 g/mol. The van der Waals surface area contributed by atoms with Crippen LogP contribution in [0.3, 0.4) is 0 Å². The molecule has 0 unspecified atom stereocenters. The topological polar surface area (TPSA) is 87.9 Å². The van der Waals surface area contributed by atoms with E-state index in [-0.39, 0.29) is 5.56 Å². The lowest BCUT2D eigenvalue weighted by Gasteiger charge is -2.26. The molecule has 1 aliphatic rings. The van der Waals surface area contributed by atoms with Crippen LogP contribution in [0.4, 0.5) is 0 Å². The molecule has 0 saturated heterocycles. The molecule has 0 amide bonds. The average Bonchev–Trinajstić information content (AvgIpc) is 3.23. The number of fused-ring (bicyclic) bond motifs is 1. The number of hydrogen-bond acceptors (Lipinski definition) is 6. The smallest absolute Gasteiger partial charge is 0.255 e. The molecule has 30 heavy (non-hydrogen) atoms. The SMILES string of the molecule is O=c1[nH]c(-c2cccnc2)nc2c1CN(Cc1cc(-c3ccc(Cl)cc3)on1)CC2. The van der Waals surface area contributed by atoms with Crippen LogP contribution in [0, 0.1) is 0 Å². The number of pyridine rings is 1.